The maximum atomic E-state index is 13.2. The number of aliphatic imine (C=N–C) groups is 1. The number of halogens is 1. The number of hydrogen-bond donors (Lipinski definition) is 2. The van der Waals surface area contributed by atoms with Gasteiger partial charge >= 0.3 is 0 Å². The number of rotatable bonds is 3. The highest BCUT2D eigenvalue weighted by Gasteiger charge is 2.12. The Morgan fingerprint density at radius 3 is 2.67 bits per heavy atom. The first kappa shape index (κ1) is 15.6. The first-order valence-electron chi connectivity index (χ1n) is 7.27. The fourth-order valence-electron chi connectivity index (χ4n) is 2.56. The zero-order valence-corrected chi connectivity index (χ0v) is 13.0. The molecule has 5 nitrogen and oxygen atoms in total. The molecule has 0 aliphatic carbocycles. The van der Waals surface area contributed by atoms with Crippen molar-refractivity contribution in [3.05, 3.63) is 76.7 Å². The van der Waals surface area contributed by atoms with Crippen molar-refractivity contribution in [2.45, 2.75) is 0 Å². The van der Waals surface area contributed by atoms with E-state index in [4.69, 9.17) is 5.73 Å². The minimum Gasteiger partial charge on any atom is -0.405 e. The van der Waals surface area contributed by atoms with Crippen molar-refractivity contribution in [3.8, 4) is 11.1 Å². The molecule has 3 N–H and O–H groups in total. The van der Waals surface area contributed by atoms with Crippen molar-refractivity contribution in [2.24, 2.45) is 10.7 Å². The second-order valence-corrected chi connectivity index (χ2v) is 5.13. The van der Waals surface area contributed by atoms with Gasteiger partial charge in [-0.05, 0) is 47.7 Å². The lowest BCUT2D eigenvalue weighted by molar-refractivity contribution is 0.628. The van der Waals surface area contributed by atoms with E-state index >= 15 is 0 Å². The Hall–Kier alpha value is -3.28. The molecular formula is C18H15FN4O. The topological polar surface area (TPSA) is 84.1 Å². The van der Waals surface area contributed by atoms with Crippen LogP contribution in [0.3, 0.4) is 0 Å². The summed E-state index contributed by atoms with van der Waals surface area (Å²) in [6, 6.07) is 9.67. The van der Waals surface area contributed by atoms with E-state index in [1.807, 2.05) is 6.07 Å². The number of aromatic amines is 1. The van der Waals surface area contributed by atoms with Gasteiger partial charge in [0.25, 0.3) is 5.56 Å². The molecule has 3 aromatic rings. The highest BCUT2D eigenvalue weighted by molar-refractivity contribution is 6.16. The highest BCUT2D eigenvalue weighted by atomic mass is 19.1. The standard InChI is InChI=1S/C18H15FN4O/c1-21-16(6-7-20)14-8-12(11-2-4-13(19)5-3-11)9-15-17(14)22-10-23-18(15)24/h2-10H,20H2,1H3,(H,22,23,24). The molecule has 0 saturated heterocycles. The Morgan fingerprint density at radius 1 is 1.25 bits per heavy atom. The Kier molecular flexibility index (Phi) is 4.20. The van der Waals surface area contributed by atoms with Crippen LogP contribution < -0.4 is 11.3 Å². The van der Waals surface area contributed by atoms with Gasteiger partial charge in [0.1, 0.15) is 5.82 Å². The highest BCUT2D eigenvalue weighted by Crippen LogP contribution is 2.26. The third-order valence-electron chi connectivity index (χ3n) is 3.69. The van der Waals surface area contributed by atoms with Crippen molar-refractivity contribution in [2.75, 3.05) is 7.05 Å². The summed E-state index contributed by atoms with van der Waals surface area (Å²) in [6.07, 6.45) is 4.38. The van der Waals surface area contributed by atoms with Gasteiger partial charge in [0.15, 0.2) is 0 Å². The summed E-state index contributed by atoms with van der Waals surface area (Å²) >= 11 is 0. The Labute approximate surface area is 137 Å². The molecule has 24 heavy (non-hydrogen) atoms. The van der Waals surface area contributed by atoms with Crippen LogP contribution in [0, 0.1) is 5.82 Å². The molecule has 0 aliphatic heterocycles. The Morgan fingerprint density at radius 2 is 2.00 bits per heavy atom. The van der Waals surface area contributed by atoms with Crippen LogP contribution in [0.25, 0.3) is 22.0 Å². The van der Waals surface area contributed by atoms with Crippen LogP contribution in [0.2, 0.25) is 0 Å². The van der Waals surface area contributed by atoms with Gasteiger partial charge in [-0.25, -0.2) is 9.37 Å². The zero-order chi connectivity index (χ0) is 17.1. The van der Waals surface area contributed by atoms with Crippen molar-refractivity contribution >= 4 is 16.6 Å². The molecule has 0 aliphatic rings. The van der Waals surface area contributed by atoms with Crippen LogP contribution in [0.5, 0.6) is 0 Å². The fourth-order valence-corrected chi connectivity index (χ4v) is 2.56. The molecule has 0 spiro atoms. The van der Waals surface area contributed by atoms with E-state index in [1.54, 1.807) is 31.3 Å². The number of benzene rings is 2. The lowest BCUT2D eigenvalue weighted by Gasteiger charge is -2.09. The molecule has 0 bridgehead atoms. The van der Waals surface area contributed by atoms with E-state index in [0.717, 1.165) is 11.1 Å². The third-order valence-corrected chi connectivity index (χ3v) is 3.69. The monoisotopic (exact) mass is 322 g/mol. The fraction of sp³-hybridized carbons (Fsp3) is 0.0556. The molecule has 1 aromatic heterocycles. The average molecular weight is 322 g/mol. The number of hydrogen-bond acceptors (Lipinski definition) is 4. The summed E-state index contributed by atoms with van der Waals surface area (Å²) in [7, 11) is 1.64. The smallest absolute Gasteiger partial charge is 0.258 e. The molecule has 0 unspecified atom stereocenters. The number of nitrogens with zero attached hydrogens (tertiary/aromatic N) is 2. The predicted molar refractivity (Wildman–Crippen MR) is 93.5 cm³/mol. The van der Waals surface area contributed by atoms with Crippen molar-refractivity contribution in [1.29, 1.82) is 0 Å². The first-order valence-corrected chi connectivity index (χ1v) is 7.27. The van der Waals surface area contributed by atoms with Crippen molar-refractivity contribution in [1.82, 2.24) is 9.97 Å². The molecule has 3 rings (SSSR count). The van der Waals surface area contributed by atoms with Gasteiger partial charge < -0.3 is 10.7 Å². The van der Waals surface area contributed by atoms with E-state index < -0.39 is 0 Å². The van der Waals surface area contributed by atoms with Gasteiger partial charge in [-0.15, -0.1) is 0 Å². The first-order chi connectivity index (χ1) is 11.6. The summed E-state index contributed by atoms with van der Waals surface area (Å²) < 4.78 is 13.2. The number of allylic oxidation sites excluding steroid dienone is 1. The normalized spacial score (nSPS) is 12.2. The van der Waals surface area contributed by atoms with Crippen LogP contribution in [0.1, 0.15) is 5.56 Å². The summed E-state index contributed by atoms with van der Waals surface area (Å²) in [4.78, 5) is 23.3. The molecule has 0 radical (unpaired) electrons. The van der Waals surface area contributed by atoms with Gasteiger partial charge in [-0.2, -0.15) is 0 Å². The molecule has 2 aromatic carbocycles. The molecule has 0 fully saturated rings. The summed E-state index contributed by atoms with van der Waals surface area (Å²) in [6.45, 7) is 0. The number of nitrogens with one attached hydrogen (secondary N) is 1. The summed E-state index contributed by atoms with van der Waals surface area (Å²) in [5.41, 5.74) is 8.61. The van der Waals surface area contributed by atoms with Gasteiger partial charge in [-0.1, -0.05) is 12.1 Å². The van der Waals surface area contributed by atoms with Gasteiger partial charge in [-0.3, -0.25) is 9.79 Å². The predicted octanol–water partition coefficient (Wildman–Crippen LogP) is 2.62. The third kappa shape index (κ3) is 2.81. The minimum atomic E-state index is -0.318. The molecule has 120 valence electrons. The SMILES string of the molecule is CN=C(C=CN)c1cc(-c2ccc(F)cc2)cc2c(=O)[nH]cnc12. The summed E-state index contributed by atoms with van der Waals surface area (Å²) in [5.74, 6) is -0.318. The number of H-pyrrole nitrogens is 1. The zero-order valence-electron chi connectivity index (χ0n) is 13.0. The molecule has 0 amide bonds. The number of aromatic nitrogens is 2. The molecule has 0 atom stereocenters. The van der Waals surface area contributed by atoms with Gasteiger partial charge in [0.05, 0.1) is 22.9 Å². The molecule has 1 heterocycles. The van der Waals surface area contributed by atoms with E-state index in [0.29, 0.717) is 22.2 Å². The van der Waals surface area contributed by atoms with Gasteiger partial charge in [0.2, 0.25) is 0 Å². The van der Waals surface area contributed by atoms with Crippen LogP contribution in [0.4, 0.5) is 4.39 Å². The van der Waals surface area contributed by atoms with Crippen LogP contribution in [-0.4, -0.2) is 22.7 Å². The molecule has 0 saturated carbocycles. The lowest BCUT2D eigenvalue weighted by Crippen LogP contribution is -2.10. The number of fused-ring (bicyclic) bond motifs is 1. The maximum Gasteiger partial charge on any atom is 0.258 e. The number of nitrogens with two attached hydrogens (primary N) is 1. The maximum absolute atomic E-state index is 13.2. The summed E-state index contributed by atoms with van der Waals surface area (Å²) in [5, 5.41) is 0.431. The largest absolute Gasteiger partial charge is 0.405 e. The molecular weight excluding hydrogens is 307 g/mol. The average Bonchev–Trinajstić information content (AvgIpc) is 2.60. The van der Waals surface area contributed by atoms with E-state index in [1.165, 1.54) is 24.7 Å². The van der Waals surface area contributed by atoms with E-state index in [2.05, 4.69) is 15.0 Å². The second kappa shape index (κ2) is 6.45. The van der Waals surface area contributed by atoms with Crippen molar-refractivity contribution < 1.29 is 4.39 Å². The van der Waals surface area contributed by atoms with Crippen LogP contribution >= 0.6 is 0 Å². The quantitative estimate of drug-likeness (QED) is 0.727. The van der Waals surface area contributed by atoms with Crippen molar-refractivity contribution in [3.63, 3.8) is 0 Å². The Bertz CT molecular complexity index is 1000. The molecule has 6 heteroatoms. The van der Waals surface area contributed by atoms with E-state index in [9.17, 15) is 9.18 Å². The minimum absolute atomic E-state index is 0.252. The van der Waals surface area contributed by atoms with Gasteiger partial charge in [0, 0.05) is 12.6 Å². The Balaban J connectivity index is 2.35. The van der Waals surface area contributed by atoms with Crippen LogP contribution in [-0.2, 0) is 0 Å². The second-order valence-electron chi connectivity index (χ2n) is 5.13. The van der Waals surface area contributed by atoms with Crippen LogP contribution in [0.15, 0.2) is 64.8 Å². The lowest BCUT2D eigenvalue weighted by atomic mass is 9.97. The van der Waals surface area contributed by atoms with E-state index in [-0.39, 0.29) is 11.4 Å².